The van der Waals surface area contributed by atoms with E-state index in [9.17, 15) is 5.11 Å². The van der Waals surface area contributed by atoms with Crippen LogP contribution in [0.1, 0.15) is 16.7 Å². The molecule has 0 unspecified atom stereocenters. The summed E-state index contributed by atoms with van der Waals surface area (Å²) in [6, 6.07) is 3.62. The Kier molecular flexibility index (Phi) is 2.33. The van der Waals surface area contributed by atoms with E-state index in [1.807, 2.05) is 13.0 Å². The van der Waals surface area contributed by atoms with Crippen molar-refractivity contribution >= 4 is 6.21 Å². The van der Waals surface area contributed by atoms with E-state index in [-0.39, 0.29) is 5.75 Å². The maximum Gasteiger partial charge on any atom is 0.127 e. The highest BCUT2D eigenvalue weighted by molar-refractivity contribution is 5.83. The Hall–Kier alpha value is -1.51. The van der Waals surface area contributed by atoms with Crippen LogP contribution in [0.5, 0.6) is 5.75 Å². The molecule has 0 atom stereocenters. The Morgan fingerprint density at radius 3 is 2.58 bits per heavy atom. The summed E-state index contributed by atoms with van der Waals surface area (Å²) >= 11 is 0. The molecule has 0 saturated carbocycles. The molecule has 0 aromatic heterocycles. The third-order valence-corrected chi connectivity index (χ3v) is 1.67. The van der Waals surface area contributed by atoms with Gasteiger partial charge in [0.1, 0.15) is 5.75 Å². The van der Waals surface area contributed by atoms with Crippen LogP contribution >= 0.6 is 0 Å². The first-order valence-corrected chi connectivity index (χ1v) is 3.63. The zero-order valence-corrected chi connectivity index (χ0v) is 7.07. The summed E-state index contributed by atoms with van der Waals surface area (Å²) in [5.74, 6) is 0.165. The third kappa shape index (κ3) is 1.56. The van der Waals surface area contributed by atoms with E-state index < -0.39 is 0 Å². The van der Waals surface area contributed by atoms with Crippen molar-refractivity contribution in [2.24, 2.45) is 5.16 Å². The van der Waals surface area contributed by atoms with Crippen molar-refractivity contribution in [1.82, 2.24) is 0 Å². The Balaban J connectivity index is 3.27. The van der Waals surface area contributed by atoms with Crippen LogP contribution in [0.2, 0.25) is 0 Å². The van der Waals surface area contributed by atoms with Crippen LogP contribution in [0, 0.1) is 13.8 Å². The highest BCUT2D eigenvalue weighted by Gasteiger charge is 2.02. The van der Waals surface area contributed by atoms with E-state index in [4.69, 9.17) is 5.21 Å². The summed E-state index contributed by atoms with van der Waals surface area (Å²) in [5, 5.41) is 20.6. The molecule has 0 fully saturated rings. The first-order valence-electron chi connectivity index (χ1n) is 3.63. The van der Waals surface area contributed by atoms with Gasteiger partial charge >= 0.3 is 0 Å². The van der Waals surface area contributed by atoms with Gasteiger partial charge in [-0.05, 0) is 31.0 Å². The lowest BCUT2D eigenvalue weighted by Crippen LogP contribution is -1.87. The number of phenolic OH excluding ortho intramolecular Hbond substituents is 1. The first-order chi connectivity index (χ1) is 5.65. The van der Waals surface area contributed by atoms with E-state index in [0.717, 1.165) is 11.1 Å². The monoisotopic (exact) mass is 165 g/mol. The predicted octanol–water partition coefficient (Wildman–Crippen LogP) is 1.82. The molecule has 1 aromatic carbocycles. The average molecular weight is 165 g/mol. The smallest absolute Gasteiger partial charge is 0.127 e. The molecular formula is C9H11NO2. The summed E-state index contributed by atoms with van der Waals surface area (Å²) in [4.78, 5) is 0. The summed E-state index contributed by atoms with van der Waals surface area (Å²) in [6.45, 7) is 3.72. The lowest BCUT2D eigenvalue weighted by Gasteiger charge is -2.03. The molecule has 1 rings (SSSR count). The van der Waals surface area contributed by atoms with Crippen molar-refractivity contribution in [1.29, 1.82) is 0 Å². The SMILES string of the molecule is Cc1cc(C)c(O)c(C=NO)c1. The van der Waals surface area contributed by atoms with Crippen LogP contribution in [0.15, 0.2) is 17.3 Å². The molecule has 12 heavy (non-hydrogen) atoms. The van der Waals surface area contributed by atoms with Crippen molar-refractivity contribution in [2.75, 3.05) is 0 Å². The molecule has 1 aromatic rings. The average Bonchev–Trinajstić information content (AvgIpc) is 2.00. The fraction of sp³-hybridized carbons (Fsp3) is 0.222. The molecule has 3 nitrogen and oxygen atoms in total. The van der Waals surface area contributed by atoms with Crippen molar-refractivity contribution in [2.45, 2.75) is 13.8 Å². The minimum atomic E-state index is 0.165. The van der Waals surface area contributed by atoms with E-state index >= 15 is 0 Å². The fourth-order valence-corrected chi connectivity index (χ4v) is 1.15. The molecular weight excluding hydrogens is 154 g/mol. The molecule has 0 saturated heterocycles. The lowest BCUT2D eigenvalue weighted by molar-refractivity contribution is 0.321. The maximum absolute atomic E-state index is 9.45. The van der Waals surface area contributed by atoms with Crippen molar-refractivity contribution in [3.8, 4) is 5.75 Å². The standard InChI is InChI=1S/C9H11NO2/c1-6-3-7(2)9(11)8(4-6)5-10-12/h3-5,11-12H,1-2H3. The van der Waals surface area contributed by atoms with Gasteiger partial charge < -0.3 is 10.3 Å². The molecule has 0 heterocycles. The second kappa shape index (κ2) is 3.26. The van der Waals surface area contributed by atoms with Crippen molar-refractivity contribution < 1.29 is 10.3 Å². The lowest BCUT2D eigenvalue weighted by atomic mass is 10.1. The molecule has 0 radical (unpaired) electrons. The fourth-order valence-electron chi connectivity index (χ4n) is 1.15. The van der Waals surface area contributed by atoms with E-state index in [2.05, 4.69) is 5.16 Å². The Morgan fingerprint density at radius 1 is 1.33 bits per heavy atom. The normalized spacial score (nSPS) is 10.8. The van der Waals surface area contributed by atoms with E-state index in [1.54, 1.807) is 13.0 Å². The molecule has 0 spiro atoms. The largest absolute Gasteiger partial charge is 0.507 e. The minimum Gasteiger partial charge on any atom is -0.507 e. The number of phenols is 1. The van der Waals surface area contributed by atoms with Gasteiger partial charge in [0.15, 0.2) is 0 Å². The number of benzene rings is 1. The zero-order valence-electron chi connectivity index (χ0n) is 7.07. The number of rotatable bonds is 1. The van der Waals surface area contributed by atoms with E-state index in [0.29, 0.717) is 5.56 Å². The number of hydrogen-bond donors (Lipinski definition) is 2. The highest BCUT2D eigenvalue weighted by Crippen LogP contribution is 2.21. The third-order valence-electron chi connectivity index (χ3n) is 1.67. The van der Waals surface area contributed by atoms with Crippen LogP contribution in [0.4, 0.5) is 0 Å². The number of aromatic hydroxyl groups is 1. The second-order valence-electron chi connectivity index (χ2n) is 2.76. The molecule has 0 aliphatic carbocycles. The Labute approximate surface area is 71.0 Å². The van der Waals surface area contributed by atoms with Gasteiger partial charge in [0.25, 0.3) is 0 Å². The van der Waals surface area contributed by atoms with Crippen molar-refractivity contribution in [3.05, 3.63) is 28.8 Å². The van der Waals surface area contributed by atoms with Crippen LogP contribution in [-0.2, 0) is 0 Å². The van der Waals surface area contributed by atoms with Gasteiger partial charge in [0.05, 0.1) is 6.21 Å². The molecule has 0 aliphatic rings. The van der Waals surface area contributed by atoms with E-state index in [1.165, 1.54) is 6.21 Å². The summed E-state index contributed by atoms with van der Waals surface area (Å²) < 4.78 is 0. The predicted molar refractivity (Wildman–Crippen MR) is 47.0 cm³/mol. The molecule has 0 bridgehead atoms. The topological polar surface area (TPSA) is 52.8 Å². The quantitative estimate of drug-likeness (QED) is 0.379. The highest BCUT2D eigenvalue weighted by atomic mass is 16.4. The van der Waals surface area contributed by atoms with Gasteiger partial charge in [-0.25, -0.2) is 0 Å². The van der Waals surface area contributed by atoms with Crippen LogP contribution in [0.3, 0.4) is 0 Å². The number of hydrogen-bond acceptors (Lipinski definition) is 3. The second-order valence-corrected chi connectivity index (χ2v) is 2.76. The van der Waals surface area contributed by atoms with Crippen molar-refractivity contribution in [3.63, 3.8) is 0 Å². The Bertz CT molecular complexity index is 319. The molecule has 3 heteroatoms. The maximum atomic E-state index is 9.45. The molecule has 0 aliphatic heterocycles. The number of oxime groups is 1. The van der Waals surface area contributed by atoms with Gasteiger partial charge in [-0.15, -0.1) is 0 Å². The van der Waals surface area contributed by atoms with Gasteiger partial charge in [-0.1, -0.05) is 11.2 Å². The summed E-state index contributed by atoms with van der Waals surface area (Å²) in [6.07, 6.45) is 1.22. The molecule has 0 amide bonds. The van der Waals surface area contributed by atoms with Gasteiger partial charge in [0, 0.05) is 5.56 Å². The number of nitrogens with zero attached hydrogens (tertiary/aromatic N) is 1. The first kappa shape index (κ1) is 8.59. The summed E-state index contributed by atoms with van der Waals surface area (Å²) in [7, 11) is 0. The molecule has 64 valence electrons. The Morgan fingerprint density at radius 2 is 2.00 bits per heavy atom. The number of aryl methyl sites for hydroxylation is 2. The van der Waals surface area contributed by atoms with Gasteiger partial charge in [-0.2, -0.15) is 0 Å². The summed E-state index contributed by atoms with van der Waals surface area (Å²) in [5.41, 5.74) is 2.35. The molecule has 2 N–H and O–H groups in total. The van der Waals surface area contributed by atoms with Crippen LogP contribution in [-0.4, -0.2) is 16.5 Å². The minimum absolute atomic E-state index is 0.165. The van der Waals surface area contributed by atoms with Gasteiger partial charge in [0.2, 0.25) is 0 Å². The van der Waals surface area contributed by atoms with Gasteiger partial charge in [-0.3, -0.25) is 0 Å². The zero-order chi connectivity index (χ0) is 9.14. The van der Waals surface area contributed by atoms with Crippen LogP contribution < -0.4 is 0 Å². The van der Waals surface area contributed by atoms with Crippen LogP contribution in [0.25, 0.3) is 0 Å².